The number of aromatic nitrogens is 1. The van der Waals surface area contributed by atoms with Crippen LogP contribution >= 0.6 is 0 Å². The van der Waals surface area contributed by atoms with Crippen LogP contribution in [0.3, 0.4) is 0 Å². The Morgan fingerprint density at radius 2 is 2.06 bits per heavy atom. The molecular formula is C15H17NO. The Labute approximate surface area is 101 Å². The summed E-state index contributed by atoms with van der Waals surface area (Å²) in [4.78, 5) is 12.0. The highest BCUT2D eigenvalue weighted by atomic mass is 16.1. The predicted octanol–water partition coefficient (Wildman–Crippen LogP) is 3.41. The topological polar surface area (TPSA) is 22.0 Å². The minimum Gasteiger partial charge on any atom is -0.347 e. The Balaban J connectivity index is 2.10. The van der Waals surface area contributed by atoms with E-state index in [4.69, 9.17) is 0 Å². The molecule has 2 aromatic rings. The molecule has 0 aliphatic heterocycles. The molecule has 1 aliphatic carbocycles. The highest BCUT2D eigenvalue weighted by Crippen LogP contribution is 2.32. The molecule has 3 rings (SSSR count). The fourth-order valence-electron chi connectivity index (χ4n) is 2.94. The molecule has 0 saturated heterocycles. The number of fused-ring (bicyclic) bond motifs is 1. The summed E-state index contributed by atoms with van der Waals surface area (Å²) in [6, 6.07) is 10.5. The van der Waals surface area contributed by atoms with E-state index in [-0.39, 0.29) is 5.92 Å². The molecule has 1 aromatic heterocycles. The van der Waals surface area contributed by atoms with Gasteiger partial charge in [-0.25, -0.2) is 0 Å². The molecule has 2 nitrogen and oxygen atoms in total. The summed E-state index contributed by atoms with van der Waals surface area (Å²) in [5, 5.41) is 1.24. The van der Waals surface area contributed by atoms with Gasteiger partial charge in [0.25, 0.3) is 0 Å². The molecule has 1 aliphatic rings. The van der Waals surface area contributed by atoms with E-state index in [0.29, 0.717) is 5.78 Å². The maximum absolute atomic E-state index is 12.0. The second-order valence-electron chi connectivity index (χ2n) is 4.95. The van der Waals surface area contributed by atoms with E-state index in [9.17, 15) is 4.79 Å². The van der Waals surface area contributed by atoms with Gasteiger partial charge in [-0.3, -0.25) is 4.79 Å². The second-order valence-corrected chi connectivity index (χ2v) is 4.95. The van der Waals surface area contributed by atoms with Crippen molar-refractivity contribution < 1.29 is 4.79 Å². The summed E-state index contributed by atoms with van der Waals surface area (Å²) >= 11 is 0. The largest absolute Gasteiger partial charge is 0.347 e. The van der Waals surface area contributed by atoms with Crippen molar-refractivity contribution in [2.45, 2.75) is 31.6 Å². The summed E-state index contributed by atoms with van der Waals surface area (Å²) in [6.45, 7) is 0. The first-order chi connectivity index (χ1) is 8.27. The number of benzene rings is 1. The molecule has 0 spiro atoms. The van der Waals surface area contributed by atoms with Crippen LogP contribution in [0, 0.1) is 0 Å². The average Bonchev–Trinajstić information content (AvgIpc) is 2.68. The Kier molecular flexibility index (Phi) is 2.50. The van der Waals surface area contributed by atoms with E-state index < -0.39 is 0 Å². The van der Waals surface area contributed by atoms with E-state index >= 15 is 0 Å². The first-order valence-electron chi connectivity index (χ1n) is 6.34. The van der Waals surface area contributed by atoms with Gasteiger partial charge >= 0.3 is 0 Å². The smallest absolute Gasteiger partial charge is 0.141 e. The third-order valence-corrected chi connectivity index (χ3v) is 3.90. The minimum absolute atomic E-state index is 0.126. The molecule has 0 bridgehead atoms. The molecule has 1 unspecified atom stereocenters. The zero-order valence-electron chi connectivity index (χ0n) is 10.1. The van der Waals surface area contributed by atoms with Crippen LogP contribution in [0.4, 0.5) is 0 Å². The number of Topliss-reactive ketones (excluding diaryl/α,β-unsaturated/α-hetero) is 1. The highest BCUT2D eigenvalue weighted by molar-refractivity contribution is 5.89. The lowest BCUT2D eigenvalue weighted by molar-refractivity contribution is -0.122. The van der Waals surface area contributed by atoms with Crippen LogP contribution in [0.5, 0.6) is 0 Å². The summed E-state index contributed by atoms with van der Waals surface area (Å²) in [5.74, 6) is 0.545. The predicted molar refractivity (Wildman–Crippen MR) is 69.1 cm³/mol. The number of aryl methyl sites for hydroxylation is 1. The molecule has 0 radical (unpaired) electrons. The molecule has 88 valence electrons. The van der Waals surface area contributed by atoms with Crippen LogP contribution < -0.4 is 0 Å². The Morgan fingerprint density at radius 1 is 1.24 bits per heavy atom. The SMILES string of the molecule is Cn1c(C2CCCCC2=O)cc2ccccc21. The first-order valence-corrected chi connectivity index (χ1v) is 6.34. The van der Waals surface area contributed by atoms with Gasteiger partial charge in [0, 0.05) is 24.7 Å². The molecule has 0 N–H and O–H groups in total. The molecule has 1 fully saturated rings. The first kappa shape index (κ1) is 10.6. The van der Waals surface area contributed by atoms with Crippen molar-refractivity contribution in [3.8, 4) is 0 Å². The quantitative estimate of drug-likeness (QED) is 0.731. The third kappa shape index (κ3) is 1.68. The zero-order chi connectivity index (χ0) is 11.8. The average molecular weight is 227 g/mol. The number of para-hydroxylation sites is 1. The van der Waals surface area contributed by atoms with Crippen LogP contribution in [-0.2, 0) is 11.8 Å². The summed E-state index contributed by atoms with van der Waals surface area (Å²) in [5.41, 5.74) is 2.41. The number of hydrogen-bond acceptors (Lipinski definition) is 1. The summed E-state index contributed by atoms with van der Waals surface area (Å²) < 4.78 is 2.18. The molecule has 1 atom stereocenters. The number of rotatable bonds is 1. The monoisotopic (exact) mass is 227 g/mol. The zero-order valence-corrected chi connectivity index (χ0v) is 10.1. The van der Waals surface area contributed by atoms with Gasteiger partial charge in [-0.1, -0.05) is 24.6 Å². The van der Waals surface area contributed by atoms with Gasteiger partial charge in [0.1, 0.15) is 5.78 Å². The molecule has 1 saturated carbocycles. The van der Waals surface area contributed by atoms with Crippen LogP contribution in [0.1, 0.15) is 37.3 Å². The molecule has 1 heterocycles. The van der Waals surface area contributed by atoms with Crippen molar-refractivity contribution in [2.24, 2.45) is 7.05 Å². The maximum Gasteiger partial charge on any atom is 0.141 e. The van der Waals surface area contributed by atoms with Gasteiger partial charge in [0.15, 0.2) is 0 Å². The van der Waals surface area contributed by atoms with E-state index in [0.717, 1.165) is 19.3 Å². The van der Waals surface area contributed by atoms with Crippen LogP contribution in [0.15, 0.2) is 30.3 Å². The van der Waals surface area contributed by atoms with Crippen molar-refractivity contribution >= 4 is 16.7 Å². The minimum atomic E-state index is 0.126. The van der Waals surface area contributed by atoms with Crippen LogP contribution in [-0.4, -0.2) is 10.4 Å². The number of carbonyl (C=O) groups is 1. The number of carbonyl (C=O) groups excluding carboxylic acids is 1. The van der Waals surface area contributed by atoms with Crippen molar-refractivity contribution in [1.82, 2.24) is 4.57 Å². The fraction of sp³-hybridized carbons (Fsp3) is 0.400. The van der Waals surface area contributed by atoms with Crippen molar-refractivity contribution in [1.29, 1.82) is 0 Å². The summed E-state index contributed by atoms with van der Waals surface area (Å²) in [7, 11) is 2.07. The van der Waals surface area contributed by atoms with Crippen molar-refractivity contribution in [3.05, 3.63) is 36.0 Å². The van der Waals surface area contributed by atoms with Gasteiger partial charge in [0.2, 0.25) is 0 Å². The molecule has 1 aromatic carbocycles. The summed E-state index contributed by atoms with van der Waals surface area (Å²) in [6.07, 6.45) is 4.02. The van der Waals surface area contributed by atoms with Crippen LogP contribution in [0.2, 0.25) is 0 Å². The second kappa shape index (κ2) is 4.02. The lowest BCUT2D eigenvalue weighted by Gasteiger charge is -2.21. The lowest BCUT2D eigenvalue weighted by atomic mass is 9.85. The Hall–Kier alpha value is -1.57. The van der Waals surface area contributed by atoms with Gasteiger partial charge in [0.05, 0.1) is 5.92 Å². The van der Waals surface area contributed by atoms with E-state index in [1.165, 1.54) is 23.0 Å². The van der Waals surface area contributed by atoms with E-state index in [1.807, 2.05) is 0 Å². The fourth-order valence-corrected chi connectivity index (χ4v) is 2.94. The Bertz CT molecular complexity index is 567. The van der Waals surface area contributed by atoms with E-state index in [1.54, 1.807) is 0 Å². The van der Waals surface area contributed by atoms with Crippen LogP contribution in [0.25, 0.3) is 10.9 Å². The lowest BCUT2D eigenvalue weighted by Crippen LogP contribution is -2.19. The van der Waals surface area contributed by atoms with Gasteiger partial charge in [-0.2, -0.15) is 0 Å². The molecule has 2 heteroatoms. The van der Waals surface area contributed by atoms with Crippen molar-refractivity contribution in [2.75, 3.05) is 0 Å². The Morgan fingerprint density at radius 3 is 2.82 bits per heavy atom. The molecular weight excluding hydrogens is 210 g/mol. The van der Waals surface area contributed by atoms with Gasteiger partial charge < -0.3 is 4.57 Å². The number of hydrogen-bond donors (Lipinski definition) is 0. The highest BCUT2D eigenvalue weighted by Gasteiger charge is 2.26. The van der Waals surface area contributed by atoms with Gasteiger partial charge in [-0.15, -0.1) is 0 Å². The molecule has 0 amide bonds. The number of nitrogens with zero attached hydrogens (tertiary/aromatic N) is 1. The van der Waals surface area contributed by atoms with Crippen molar-refractivity contribution in [3.63, 3.8) is 0 Å². The normalized spacial score (nSPS) is 21.0. The van der Waals surface area contributed by atoms with E-state index in [2.05, 4.69) is 41.9 Å². The molecule has 17 heavy (non-hydrogen) atoms. The number of ketones is 1. The van der Waals surface area contributed by atoms with Gasteiger partial charge in [-0.05, 0) is 30.4 Å². The third-order valence-electron chi connectivity index (χ3n) is 3.90. The standard InChI is InChI=1S/C15H17NO/c1-16-13-8-4-2-6-11(13)10-14(16)12-7-3-5-9-15(12)17/h2,4,6,8,10,12H,3,5,7,9H2,1H3. The maximum atomic E-state index is 12.0.